The summed E-state index contributed by atoms with van der Waals surface area (Å²) >= 11 is 0. The molecule has 34 heavy (non-hydrogen) atoms. The highest BCUT2D eigenvalue weighted by Gasteiger charge is 2.46. The van der Waals surface area contributed by atoms with Crippen LogP contribution in [0.3, 0.4) is 0 Å². The van der Waals surface area contributed by atoms with Crippen LogP contribution in [0.4, 0.5) is 4.39 Å². The lowest BCUT2D eigenvalue weighted by Gasteiger charge is -2.28. The number of ketones is 1. The molecule has 1 aliphatic rings. The molecular weight excluding hydrogens is 435 g/mol. The molecular formula is C27H33FN2O4. The molecule has 1 heterocycles. The minimum Gasteiger partial charge on any atom is -0.507 e. The van der Waals surface area contributed by atoms with E-state index in [-0.39, 0.29) is 23.4 Å². The van der Waals surface area contributed by atoms with Gasteiger partial charge in [0.2, 0.25) is 0 Å². The number of Topliss-reactive ketones (excluding diaryl/α,β-unsaturated/α-hetero) is 1. The SMILES string of the molecule is CCCOc1ccc(C(O)=C2C(=O)C(=O)N(CCN(CC)CC)C2c2ccccc2F)c(C)c1. The quantitative estimate of drug-likeness (QED) is 0.311. The summed E-state index contributed by atoms with van der Waals surface area (Å²) in [5.74, 6) is -1.73. The summed E-state index contributed by atoms with van der Waals surface area (Å²) in [5.41, 5.74) is 1.18. The summed E-state index contributed by atoms with van der Waals surface area (Å²) in [6.45, 7) is 10.8. The van der Waals surface area contributed by atoms with Crippen LogP contribution in [0.2, 0.25) is 0 Å². The van der Waals surface area contributed by atoms with Gasteiger partial charge >= 0.3 is 0 Å². The Morgan fingerprint density at radius 2 is 1.82 bits per heavy atom. The van der Waals surface area contributed by atoms with Gasteiger partial charge in [0.15, 0.2) is 0 Å². The van der Waals surface area contributed by atoms with Crippen molar-refractivity contribution in [2.75, 3.05) is 32.8 Å². The Hall–Kier alpha value is -3.19. The van der Waals surface area contributed by atoms with E-state index in [1.807, 2.05) is 20.8 Å². The third kappa shape index (κ3) is 5.14. The number of amides is 1. The summed E-state index contributed by atoms with van der Waals surface area (Å²) in [6.07, 6.45) is 0.861. The van der Waals surface area contributed by atoms with Crippen LogP contribution in [0.15, 0.2) is 48.0 Å². The van der Waals surface area contributed by atoms with E-state index in [1.54, 1.807) is 43.3 Å². The number of rotatable bonds is 10. The molecule has 1 unspecified atom stereocenters. The van der Waals surface area contributed by atoms with E-state index in [1.165, 1.54) is 11.0 Å². The van der Waals surface area contributed by atoms with Gasteiger partial charge in [-0.15, -0.1) is 0 Å². The molecule has 2 aromatic rings. The molecule has 0 aliphatic carbocycles. The molecule has 0 saturated carbocycles. The number of ether oxygens (including phenoxy) is 1. The van der Waals surface area contributed by atoms with Crippen molar-refractivity contribution in [2.24, 2.45) is 0 Å². The summed E-state index contributed by atoms with van der Waals surface area (Å²) in [7, 11) is 0. The first-order valence-corrected chi connectivity index (χ1v) is 11.8. The molecule has 1 aliphatic heterocycles. The largest absolute Gasteiger partial charge is 0.507 e. The predicted octanol–water partition coefficient (Wildman–Crippen LogP) is 4.69. The predicted molar refractivity (Wildman–Crippen MR) is 130 cm³/mol. The van der Waals surface area contributed by atoms with E-state index in [0.29, 0.717) is 30.0 Å². The van der Waals surface area contributed by atoms with Gasteiger partial charge < -0.3 is 19.6 Å². The fraction of sp³-hybridized carbons (Fsp3) is 0.407. The number of carbonyl (C=O) groups is 2. The Balaban J connectivity index is 2.10. The van der Waals surface area contributed by atoms with Crippen molar-refractivity contribution < 1.29 is 23.8 Å². The molecule has 1 N–H and O–H groups in total. The van der Waals surface area contributed by atoms with Gasteiger partial charge in [-0.2, -0.15) is 0 Å². The third-order valence-corrected chi connectivity index (χ3v) is 6.22. The maximum atomic E-state index is 14.9. The summed E-state index contributed by atoms with van der Waals surface area (Å²) < 4.78 is 20.6. The number of carbonyl (C=O) groups excluding carboxylic acids is 2. The lowest BCUT2D eigenvalue weighted by Crippen LogP contribution is -2.38. The Morgan fingerprint density at radius 3 is 2.44 bits per heavy atom. The van der Waals surface area contributed by atoms with E-state index in [4.69, 9.17) is 4.74 Å². The van der Waals surface area contributed by atoms with E-state index in [0.717, 1.165) is 19.5 Å². The second kappa shape index (κ2) is 11.3. The highest BCUT2D eigenvalue weighted by atomic mass is 19.1. The summed E-state index contributed by atoms with van der Waals surface area (Å²) in [5, 5.41) is 11.3. The second-order valence-corrected chi connectivity index (χ2v) is 8.37. The molecule has 0 radical (unpaired) electrons. The Bertz CT molecular complexity index is 1080. The first-order valence-electron chi connectivity index (χ1n) is 11.8. The topological polar surface area (TPSA) is 70.1 Å². The Labute approximate surface area is 200 Å². The van der Waals surface area contributed by atoms with Crippen LogP contribution in [-0.2, 0) is 9.59 Å². The van der Waals surface area contributed by atoms with Crippen LogP contribution in [-0.4, -0.2) is 59.4 Å². The molecule has 7 heteroatoms. The average molecular weight is 469 g/mol. The number of aliphatic hydroxyl groups is 1. The number of hydrogen-bond acceptors (Lipinski definition) is 5. The van der Waals surface area contributed by atoms with Crippen LogP contribution in [0.5, 0.6) is 5.75 Å². The molecule has 1 atom stereocenters. The van der Waals surface area contributed by atoms with E-state index in [2.05, 4.69) is 4.90 Å². The monoisotopic (exact) mass is 468 g/mol. The highest BCUT2D eigenvalue weighted by molar-refractivity contribution is 6.46. The second-order valence-electron chi connectivity index (χ2n) is 8.37. The van der Waals surface area contributed by atoms with Gasteiger partial charge in [0.25, 0.3) is 11.7 Å². The van der Waals surface area contributed by atoms with Gasteiger partial charge in [-0.25, -0.2) is 4.39 Å². The Kier molecular flexibility index (Phi) is 8.45. The number of likely N-dealkylation sites (N-methyl/N-ethyl adjacent to an activating group) is 1. The number of benzene rings is 2. The van der Waals surface area contributed by atoms with Crippen LogP contribution >= 0.6 is 0 Å². The molecule has 3 rings (SSSR count). The van der Waals surface area contributed by atoms with Gasteiger partial charge in [0.05, 0.1) is 18.2 Å². The standard InChI is InChI=1S/C27H33FN2O4/c1-5-16-34-19-12-13-20(18(4)17-19)25(31)23-24(21-10-8-9-11-22(21)28)30(27(33)26(23)32)15-14-29(6-2)7-3/h8-13,17,24,31H,5-7,14-16H2,1-4H3. The van der Waals surface area contributed by atoms with Crippen LogP contribution in [0.25, 0.3) is 5.76 Å². The van der Waals surface area contributed by atoms with Crippen molar-refractivity contribution in [1.82, 2.24) is 9.80 Å². The zero-order chi connectivity index (χ0) is 24.8. The molecule has 6 nitrogen and oxygen atoms in total. The maximum absolute atomic E-state index is 14.9. The third-order valence-electron chi connectivity index (χ3n) is 6.22. The van der Waals surface area contributed by atoms with Crippen molar-refractivity contribution >= 4 is 17.4 Å². The first-order chi connectivity index (χ1) is 16.3. The smallest absolute Gasteiger partial charge is 0.295 e. The van der Waals surface area contributed by atoms with Gasteiger partial charge in [-0.3, -0.25) is 9.59 Å². The fourth-order valence-corrected chi connectivity index (χ4v) is 4.28. The fourth-order valence-electron chi connectivity index (χ4n) is 4.28. The van der Waals surface area contributed by atoms with E-state index >= 15 is 0 Å². The maximum Gasteiger partial charge on any atom is 0.295 e. The first kappa shape index (κ1) is 25.4. The van der Waals surface area contributed by atoms with Crippen LogP contribution < -0.4 is 4.74 Å². The van der Waals surface area contributed by atoms with E-state index in [9.17, 15) is 19.1 Å². The molecule has 0 bridgehead atoms. The number of aliphatic hydroxyl groups excluding tert-OH is 1. The van der Waals surface area contributed by atoms with Crippen LogP contribution in [0.1, 0.15) is 49.9 Å². The molecule has 1 fully saturated rings. The minimum atomic E-state index is -1.01. The zero-order valence-corrected chi connectivity index (χ0v) is 20.3. The number of likely N-dealkylation sites (tertiary alicyclic amines) is 1. The van der Waals surface area contributed by atoms with Crippen LogP contribution in [0, 0.1) is 12.7 Å². The van der Waals surface area contributed by atoms with Crippen molar-refractivity contribution in [3.63, 3.8) is 0 Å². The molecule has 2 aromatic carbocycles. The Morgan fingerprint density at radius 1 is 1.12 bits per heavy atom. The number of nitrogens with zero attached hydrogens (tertiary/aromatic N) is 2. The lowest BCUT2D eigenvalue weighted by atomic mass is 9.93. The highest BCUT2D eigenvalue weighted by Crippen LogP contribution is 2.40. The normalized spacial score (nSPS) is 17.6. The van der Waals surface area contributed by atoms with Crippen molar-refractivity contribution in [3.05, 3.63) is 70.5 Å². The minimum absolute atomic E-state index is 0.0972. The molecule has 0 aromatic heterocycles. The van der Waals surface area contributed by atoms with E-state index < -0.39 is 23.5 Å². The number of halogens is 1. The van der Waals surface area contributed by atoms with Gasteiger partial charge in [-0.1, -0.05) is 39.0 Å². The number of hydrogen-bond donors (Lipinski definition) is 1. The zero-order valence-electron chi connectivity index (χ0n) is 20.3. The summed E-state index contributed by atoms with van der Waals surface area (Å²) in [4.78, 5) is 29.7. The molecule has 1 saturated heterocycles. The van der Waals surface area contributed by atoms with Gasteiger partial charge in [0.1, 0.15) is 17.3 Å². The van der Waals surface area contributed by atoms with Crippen molar-refractivity contribution in [2.45, 2.75) is 40.2 Å². The average Bonchev–Trinajstić information content (AvgIpc) is 3.08. The molecule has 1 amide bonds. The summed E-state index contributed by atoms with van der Waals surface area (Å²) in [6, 6.07) is 10.2. The van der Waals surface area contributed by atoms with Crippen molar-refractivity contribution in [1.29, 1.82) is 0 Å². The number of aryl methyl sites for hydroxylation is 1. The lowest BCUT2D eigenvalue weighted by molar-refractivity contribution is -0.140. The molecule has 0 spiro atoms. The van der Waals surface area contributed by atoms with Crippen molar-refractivity contribution in [3.8, 4) is 5.75 Å². The molecule has 182 valence electrons. The van der Waals surface area contributed by atoms with Gasteiger partial charge in [-0.05, 0) is 56.3 Å². The van der Waals surface area contributed by atoms with Gasteiger partial charge in [0, 0.05) is 24.2 Å².